The quantitative estimate of drug-likeness (QED) is 0.118. The van der Waals surface area contributed by atoms with E-state index in [0.717, 1.165) is 122 Å². The van der Waals surface area contributed by atoms with Crippen LogP contribution in [0.5, 0.6) is 0 Å². The van der Waals surface area contributed by atoms with Crippen LogP contribution in [-0.2, 0) is 0 Å². The highest BCUT2D eigenvalue weighted by Crippen LogP contribution is 2.42. The van der Waals surface area contributed by atoms with Crippen LogP contribution >= 0.6 is 0 Å². The third kappa shape index (κ3) is 10.7. The minimum atomic E-state index is 0.539. The molecular formula is C82H50N8. The molecular weight excluding hydrogens is 1100 g/mol. The predicted molar refractivity (Wildman–Crippen MR) is 363 cm³/mol. The molecule has 90 heavy (non-hydrogen) atoms. The van der Waals surface area contributed by atoms with Crippen molar-refractivity contribution in [1.82, 2.24) is 29.9 Å². The fourth-order valence-electron chi connectivity index (χ4n) is 11.9. The monoisotopic (exact) mass is 1150 g/mol. The summed E-state index contributed by atoms with van der Waals surface area (Å²) in [6.45, 7) is 0. The van der Waals surface area contributed by atoms with Crippen molar-refractivity contribution < 1.29 is 0 Å². The molecule has 15 rings (SSSR count). The first kappa shape index (κ1) is 54.1. The molecule has 418 valence electrons. The highest BCUT2D eigenvalue weighted by molar-refractivity contribution is 6.07. The van der Waals surface area contributed by atoms with Crippen LogP contribution in [0.4, 0.5) is 0 Å². The molecule has 0 aliphatic carbocycles. The topological polar surface area (TPSA) is 125 Å². The van der Waals surface area contributed by atoms with Crippen molar-refractivity contribution in [2.45, 2.75) is 0 Å². The Labute approximate surface area is 520 Å². The van der Waals surface area contributed by atoms with Gasteiger partial charge in [-0.15, -0.1) is 0 Å². The van der Waals surface area contributed by atoms with Gasteiger partial charge in [0, 0.05) is 33.4 Å². The molecule has 8 nitrogen and oxygen atoms in total. The van der Waals surface area contributed by atoms with Crippen LogP contribution in [0, 0.1) is 22.7 Å². The molecule has 0 fully saturated rings. The molecule has 13 aromatic carbocycles. The van der Waals surface area contributed by atoms with Crippen LogP contribution in [0.2, 0.25) is 0 Å². The highest BCUT2D eigenvalue weighted by atomic mass is 15.0. The normalized spacial score (nSPS) is 11.1. The van der Waals surface area contributed by atoms with Crippen LogP contribution in [0.15, 0.2) is 303 Å². The summed E-state index contributed by atoms with van der Waals surface area (Å²) in [5.74, 6) is 3.45. The molecule has 15 aromatic rings. The predicted octanol–water partition coefficient (Wildman–Crippen LogP) is 20.1. The van der Waals surface area contributed by atoms with Crippen LogP contribution in [0.3, 0.4) is 0 Å². The fourth-order valence-corrected chi connectivity index (χ4v) is 11.9. The molecule has 0 bridgehead atoms. The van der Waals surface area contributed by atoms with E-state index in [1.165, 1.54) is 0 Å². The molecule has 0 saturated heterocycles. The van der Waals surface area contributed by atoms with Crippen molar-refractivity contribution in [1.29, 1.82) is 10.5 Å². The second kappa shape index (κ2) is 23.7. The minimum absolute atomic E-state index is 0.539. The summed E-state index contributed by atoms with van der Waals surface area (Å²) in [4.78, 5) is 30.5. The first-order valence-corrected chi connectivity index (χ1v) is 29.7. The average Bonchev–Trinajstić information content (AvgIpc) is 0.881. The maximum atomic E-state index is 10.5. The van der Waals surface area contributed by atoms with Crippen molar-refractivity contribution in [3.8, 4) is 147 Å². The van der Waals surface area contributed by atoms with Gasteiger partial charge in [-0.05, 0) is 131 Å². The van der Waals surface area contributed by atoms with Crippen molar-refractivity contribution in [3.05, 3.63) is 314 Å². The van der Waals surface area contributed by atoms with Crippen LogP contribution < -0.4 is 0 Å². The van der Waals surface area contributed by atoms with Gasteiger partial charge >= 0.3 is 0 Å². The Balaban J connectivity index is 0.790. The number of nitriles is 2. The van der Waals surface area contributed by atoms with Crippen molar-refractivity contribution in [2.24, 2.45) is 0 Å². The van der Waals surface area contributed by atoms with Gasteiger partial charge in [0.15, 0.2) is 34.9 Å². The van der Waals surface area contributed by atoms with Crippen molar-refractivity contribution in [3.63, 3.8) is 0 Å². The molecule has 8 heteroatoms. The zero-order valence-corrected chi connectivity index (χ0v) is 48.4. The standard InChI is InChI=1S/C82H50N8/c83-51-53-29-31-54(32-30-53)55-33-35-56(36-34-55)65-46-41-57-22-13-26-71(74(57)48-65)58-37-42-64(43-38-58)81-88-79(62-19-8-3-9-20-62)89-82(90-81)67-24-12-23-66(47-67)75-49-69(70-25-11-10-21-68(70)52-84)50-76-72(27-14-28-73(75)76)59-39-44-63(45-40-59)80-86-77(60-15-4-1-5-16-60)85-78(87-80)61-17-6-2-7-18-61/h1-50H. The Morgan fingerprint density at radius 1 is 0.200 bits per heavy atom. The van der Waals surface area contributed by atoms with Crippen molar-refractivity contribution >= 4 is 21.5 Å². The number of nitrogens with zero attached hydrogens (tertiary/aromatic N) is 8. The third-order valence-corrected chi connectivity index (χ3v) is 16.5. The molecule has 0 radical (unpaired) electrons. The third-order valence-electron chi connectivity index (χ3n) is 16.5. The molecule has 0 amide bonds. The number of benzene rings is 13. The molecule has 0 aliphatic heterocycles. The van der Waals surface area contributed by atoms with E-state index in [1.807, 2.05) is 140 Å². The lowest BCUT2D eigenvalue weighted by Gasteiger charge is -2.16. The van der Waals surface area contributed by atoms with E-state index < -0.39 is 0 Å². The van der Waals surface area contributed by atoms with Gasteiger partial charge in [0.2, 0.25) is 0 Å². The summed E-state index contributed by atoms with van der Waals surface area (Å²) in [7, 11) is 0. The Hall–Kier alpha value is -12.6. The Morgan fingerprint density at radius 3 is 1.11 bits per heavy atom. The smallest absolute Gasteiger partial charge is 0.164 e. The van der Waals surface area contributed by atoms with Crippen molar-refractivity contribution in [2.75, 3.05) is 0 Å². The Kier molecular flexibility index (Phi) is 14.2. The minimum Gasteiger partial charge on any atom is -0.208 e. The molecule has 0 saturated carbocycles. The maximum absolute atomic E-state index is 10.5. The van der Waals surface area contributed by atoms with Crippen LogP contribution in [-0.4, -0.2) is 29.9 Å². The van der Waals surface area contributed by atoms with Gasteiger partial charge in [0.1, 0.15) is 0 Å². The number of aromatic nitrogens is 6. The fraction of sp³-hybridized carbons (Fsp3) is 0. The van der Waals surface area contributed by atoms with E-state index in [4.69, 9.17) is 29.9 Å². The van der Waals surface area contributed by atoms with E-state index in [1.54, 1.807) is 0 Å². The average molecular weight is 1150 g/mol. The summed E-state index contributed by atoms with van der Waals surface area (Å²) in [6, 6.07) is 108. The SMILES string of the molecule is N#Cc1ccc(-c2ccc(-c3ccc4cccc(-c5ccc(-c6nc(-c7ccccc7)nc(-c7cccc(-c8cc(-c9ccccc9C#N)cc9c(-c%10ccc(-c%11nc(-c%12ccccc%12)nc(-c%12ccccc%12)n%11)cc%10)cccc89)c7)n6)cc5)c4c3)cc2)cc1. The second-order valence-electron chi connectivity index (χ2n) is 22.0. The molecule has 0 N–H and O–H groups in total. The van der Waals surface area contributed by atoms with Gasteiger partial charge in [-0.25, -0.2) is 29.9 Å². The maximum Gasteiger partial charge on any atom is 0.164 e. The molecule has 2 heterocycles. The number of fused-ring (bicyclic) bond motifs is 2. The lowest BCUT2D eigenvalue weighted by atomic mass is 9.88. The molecule has 0 aliphatic rings. The lowest BCUT2D eigenvalue weighted by molar-refractivity contribution is 1.07. The van der Waals surface area contributed by atoms with E-state index in [-0.39, 0.29) is 0 Å². The summed E-state index contributed by atoms with van der Waals surface area (Å²) in [6.07, 6.45) is 0. The molecule has 0 unspecified atom stereocenters. The van der Waals surface area contributed by atoms with Gasteiger partial charge < -0.3 is 0 Å². The lowest BCUT2D eigenvalue weighted by Crippen LogP contribution is -2.00. The van der Waals surface area contributed by atoms with Gasteiger partial charge in [-0.2, -0.15) is 10.5 Å². The first-order chi connectivity index (χ1) is 44.5. The number of rotatable bonds is 12. The zero-order valence-electron chi connectivity index (χ0n) is 48.4. The summed E-state index contributed by atoms with van der Waals surface area (Å²) in [5, 5.41) is 24.1. The number of hydrogen-bond donors (Lipinski definition) is 0. The van der Waals surface area contributed by atoms with Crippen LogP contribution in [0.1, 0.15) is 11.1 Å². The van der Waals surface area contributed by atoms with Gasteiger partial charge in [0.05, 0.1) is 23.3 Å². The van der Waals surface area contributed by atoms with Crippen LogP contribution in [0.25, 0.3) is 157 Å². The summed E-state index contributed by atoms with van der Waals surface area (Å²) < 4.78 is 0. The second-order valence-corrected chi connectivity index (χ2v) is 22.0. The molecule has 0 atom stereocenters. The summed E-state index contributed by atoms with van der Waals surface area (Å²) in [5.41, 5.74) is 18.9. The van der Waals surface area contributed by atoms with E-state index in [0.29, 0.717) is 46.1 Å². The largest absolute Gasteiger partial charge is 0.208 e. The Morgan fingerprint density at radius 2 is 0.578 bits per heavy atom. The summed E-state index contributed by atoms with van der Waals surface area (Å²) >= 11 is 0. The molecule has 0 spiro atoms. The highest BCUT2D eigenvalue weighted by Gasteiger charge is 2.19. The Bertz CT molecular complexity index is 5210. The van der Waals surface area contributed by atoms with Gasteiger partial charge in [0.25, 0.3) is 0 Å². The van der Waals surface area contributed by atoms with E-state index in [2.05, 4.69) is 176 Å². The number of hydrogen-bond acceptors (Lipinski definition) is 8. The van der Waals surface area contributed by atoms with Gasteiger partial charge in [-0.1, -0.05) is 261 Å². The van der Waals surface area contributed by atoms with E-state index in [9.17, 15) is 10.5 Å². The first-order valence-electron chi connectivity index (χ1n) is 29.7. The van der Waals surface area contributed by atoms with E-state index >= 15 is 0 Å². The van der Waals surface area contributed by atoms with Gasteiger partial charge in [-0.3, -0.25) is 0 Å². The molecule has 2 aromatic heterocycles. The zero-order chi connectivity index (χ0) is 60.3.